The summed E-state index contributed by atoms with van der Waals surface area (Å²) >= 11 is 6.33. The molecule has 1 amide bonds. The van der Waals surface area contributed by atoms with Gasteiger partial charge in [0.2, 0.25) is 0 Å². The standard InChI is InChI=1S/C18H19ClN4O/c1-10-13-6-12(7-15(19)16(13)18(24)22-10)23-17-14(8-20-9-21-17)11-4-2-3-5-11/h6-11H,2-5H2,1H3,(H,22,24)(H,20,21,23). The van der Waals surface area contributed by atoms with Crippen LogP contribution in [0.4, 0.5) is 11.5 Å². The van der Waals surface area contributed by atoms with Crippen LogP contribution in [-0.2, 0) is 0 Å². The first-order chi connectivity index (χ1) is 11.6. The first-order valence-electron chi connectivity index (χ1n) is 8.34. The molecular weight excluding hydrogens is 324 g/mol. The minimum Gasteiger partial charge on any atom is -0.345 e. The van der Waals surface area contributed by atoms with Crippen LogP contribution in [0.2, 0.25) is 5.02 Å². The Balaban J connectivity index is 1.69. The van der Waals surface area contributed by atoms with Crippen LogP contribution in [0.15, 0.2) is 24.7 Å². The second-order valence-electron chi connectivity index (χ2n) is 6.55. The number of rotatable bonds is 3. The maximum absolute atomic E-state index is 12.0. The Morgan fingerprint density at radius 2 is 2.04 bits per heavy atom. The maximum Gasteiger partial charge on any atom is 0.253 e. The number of halogens is 1. The Kier molecular flexibility index (Phi) is 3.88. The van der Waals surface area contributed by atoms with Crippen LogP contribution in [0.3, 0.4) is 0 Å². The molecule has 1 aliphatic heterocycles. The molecule has 0 spiro atoms. The lowest BCUT2D eigenvalue weighted by atomic mass is 9.99. The highest BCUT2D eigenvalue weighted by Gasteiger charge is 2.28. The number of carbonyl (C=O) groups excluding carboxylic acids is 1. The highest BCUT2D eigenvalue weighted by atomic mass is 35.5. The zero-order valence-corrected chi connectivity index (χ0v) is 14.2. The van der Waals surface area contributed by atoms with E-state index in [-0.39, 0.29) is 11.9 Å². The normalized spacial score (nSPS) is 20.1. The van der Waals surface area contributed by atoms with Gasteiger partial charge < -0.3 is 10.6 Å². The van der Waals surface area contributed by atoms with Gasteiger partial charge in [0, 0.05) is 17.4 Å². The van der Waals surface area contributed by atoms with Crippen LogP contribution in [0.5, 0.6) is 0 Å². The van der Waals surface area contributed by atoms with Gasteiger partial charge in [-0.1, -0.05) is 24.4 Å². The third-order valence-electron chi connectivity index (χ3n) is 4.96. The van der Waals surface area contributed by atoms with Crippen molar-refractivity contribution < 1.29 is 4.79 Å². The molecule has 0 saturated heterocycles. The van der Waals surface area contributed by atoms with Crippen molar-refractivity contribution in [3.63, 3.8) is 0 Å². The fourth-order valence-corrected chi connectivity index (χ4v) is 4.06. The second-order valence-corrected chi connectivity index (χ2v) is 6.96. The molecule has 0 bridgehead atoms. The molecule has 1 aromatic carbocycles. The summed E-state index contributed by atoms with van der Waals surface area (Å²) in [5.41, 5.74) is 3.51. The van der Waals surface area contributed by atoms with E-state index in [1.807, 2.05) is 19.2 Å². The quantitative estimate of drug-likeness (QED) is 0.871. The summed E-state index contributed by atoms with van der Waals surface area (Å²) in [5, 5.41) is 6.74. The molecule has 1 aliphatic carbocycles. The number of hydrogen-bond acceptors (Lipinski definition) is 4. The van der Waals surface area contributed by atoms with Gasteiger partial charge in [0.05, 0.1) is 16.6 Å². The lowest BCUT2D eigenvalue weighted by Crippen LogP contribution is -2.16. The van der Waals surface area contributed by atoms with Crippen LogP contribution >= 0.6 is 11.6 Å². The van der Waals surface area contributed by atoms with Crippen molar-refractivity contribution in [1.82, 2.24) is 15.3 Å². The number of nitrogens with one attached hydrogen (secondary N) is 2. The van der Waals surface area contributed by atoms with E-state index in [9.17, 15) is 4.79 Å². The number of anilines is 2. The van der Waals surface area contributed by atoms with E-state index in [0.717, 1.165) is 22.6 Å². The Morgan fingerprint density at radius 1 is 1.25 bits per heavy atom. The highest BCUT2D eigenvalue weighted by Crippen LogP contribution is 2.39. The molecule has 1 saturated carbocycles. The zero-order chi connectivity index (χ0) is 16.7. The van der Waals surface area contributed by atoms with E-state index in [0.29, 0.717) is 16.5 Å². The Hall–Kier alpha value is -2.14. The smallest absolute Gasteiger partial charge is 0.253 e. The van der Waals surface area contributed by atoms with E-state index in [2.05, 4.69) is 20.6 Å². The molecule has 2 N–H and O–H groups in total. The number of carbonyl (C=O) groups is 1. The maximum atomic E-state index is 12.0. The third kappa shape index (κ3) is 2.63. The monoisotopic (exact) mass is 342 g/mol. The summed E-state index contributed by atoms with van der Waals surface area (Å²) in [6.45, 7) is 1.96. The first-order valence-corrected chi connectivity index (χ1v) is 8.72. The molecular formula is C18H19ClN4O. The molecule has 1 atom stereocenters. The predicted molar refractivity (Wildman–Crippen MR) is 93.9 cm³/mol. The molecule has 2 aliphatic rings. The van der Waals surface area contributed by atoms with Crippen molar-refractivity contribution in [2.75, 3.05) is 5.32 Å². The third-order valence-corrected chi connectivity index (χ3v) is 5.26. The van der Waals surface area contributed by atoms with Gasteiger partial charge in [-0.25, -0.2) is 9.97 Å². The van der Waals surface area contributed by atoms with Crippen molar-refractivity contribution >= 4 is 29.0 Å². The average molecular weight is 343 g/mol. The van der Waals surface area contributed by atoms with Crippen LogP contribution in [0, 0.1) is 0 Å². The minimum absolute atomic E-state index is 0.0357. The summed E-state index contributed by atoms with van der Waals surface area (Å²) in [5.74, 6) is 1.24. The van der Waals surface area contributed by atoms with Gasteiger partial charge in [0.1, 0.15) is 12.1 Å². The minimum atomic E-state index is -0.109. The van der Waals surface area contributed by atoms with E-state index in [1.54, 1.807) is 12.4 Å². The van der Waals surface area contributed by atoms with E-state index in [4.69, 9.17) is 11.6 Å². The van der Waals surface area contributed by atoms with Gasteiger partial charge in [-0.05, 0) is 43.4 Å². The lowest BCUT2D eigenvalue weighted by Gasteiger charge is -2.16. The van der Waals surface area contributed by atoms with Crippen molar-refractivity contribution in [1.29, 1.82) is 0 Å². The first kappa shape index (κ1) is 15.4. The van der Waals surface area contributed by atoms with Crippen LogP contribution in [0.1, 0.15) is 66.1 Å². The summed E-state index contributed by atoms with van der Waals surface area (Å²) in [4.78, 5) is 20.6. The SMILES string of the molecule is CC1NC(=O)c2c(Cl)cc(Nc3ncncc3C3CCCC3)cc21. The van der Waals surface area contributed by atoms with Gasteiger partial charge >= 0.3 is 0 Å². The molecule has 2 aromatic rings. The Labute approximate surface area is 145 Å². The van der Waals surface area contributed by atoms with Crippen molar-refractivity contribution in [2.45, 2.75) is 44.6 Å². The summed E-state index contributed by atoms with van der Waals surface area (Å²) < 4.78 is 0. The molecule has 0 radical (unpaired) electrons. The van der Waals surface area contributed by atoms with Crippen LogP contribution in [-0.4, -0.2) is 15.9 Å². The molecule has 5 nitrogen and oxygen atoms in total. The summed E-state index contributed by atoms with van der Waals surface area (Å²) in [6.07, 6.45) is 8.35. The van der Waals surface area contributed by atoms with Crippen LogP contribution in [0.25, 0.3) is 0 Å². The molecule has 6 heteroatoms. The predicted octanol–water partition coefficient (Wildman–Crippen LogP) is 4.34. The fourth-order valence-electron chi connectivity index (χ4n) is 3.74. The molecule has 1 fully saturated rings. The molecule has 124 valence electrons. The molecule has 4 rings (SSSR count). The van der Waals surface area contributed by atoms with Gasteiger partial charge in [-0.15, -0.1) is 0 Å². The topological polar surface area (TPSA) is 66.9 Å². The molecule has 1 unspecified atom stereocenters. The average Bonchev–Trinajstić information content (AvgIpc) is 3.17. The number of nitrogens with zero attached hydrogens (tertiary/aromatic N) is 2. The Morgan fingerprint density at radius 3 is 2.83 bits per heavy atom. The lowest BCUT2D eigenvalue weighted by molar-refractivity contribution is 0.0958. The van der Waals surface area contributed by atoms with Crippen molar-refractivity contribution in [2.24, 2.45) is 0 Å². The number of fused-ring (bicyclic) bond motifs is 1. The summed E-state index contributed by atoms with van der Waals surface area (Å²) in [7, 11) is 0. The zero-order valence-electron chi connectivity index (χ0n) is 13.5. The van der Waals surface area contributed by atoms with Gasteiger partial charge in [0.15, 0.2) is 0 Å². The second kappa shape index (κ2) is 6.06. The number of aromatic nitrogens is 2. The van der Waals surface area contributed by atoms with E-state index >= 15 is 0 Å². The Bertz CT molecular complexity index is 802. The largest absolute Gasteiger partial charge is 0.345 e. The molecule has 2 heterocycles. The highest BCUT2D eigenvalue weighted by molar-refractivity contribution is 6.34. The van der Waals surface area contributed by atoms with Gasteiger partial charge in [-0.2, -0.15) is 0 Å². The van der Waals surface area contributed by atoms with E-state index < -0.39 is 0 Å². The fraction of sp³-hybridized carbons (Fsp3) is 0.389. The van der Waals surface area contributed by atoms with E-state index in [1.165, 1.54) is 25.7 Å². The van der Waals surface area contributed by atoms with Crippen molar-refractivity contribution in [3.8, 4) is 0 Å². The number of amides is 1. The summed E-state index contributed by atoms with van der Waals surface area (Å²) in [6, 6.07) is 3.73. The van der Waals surface area contributed by atoms with Crippen molar-refractivity contribution in [3.05, 3.63) is 46.4 Å². The van der Waals surface area contributed by atoms with Gasteiger partial charge in [0.25, 0.3) is 5.91 Å². The van der Waals surface area contributed by atoms with Gasteiger partial charge in [-0.3, -0.25) is 4.79 Å². The molecule has 1 aromatic heterocycles. The number of hydrogen-bond donors (Lipinski definition) is 2. The molecule has 24 heavy (non-hydrogen) atoms. The van der Waals surface area contributed by atoms with Crippen LogP contribution < -0.4 is 10.6 Å². The number of benzene rings is 1.